The molecular weight excluding hydrogens is 266 g/mol. The summed E-state index contributed by atoms with van der Waals surface area (Å²) in [5.74, 6) is 0. The molecule has 1 aliphatic rings. The van der Waals surface area contributed by atoms with E-state index in [1.54, 1.807) is 0 Å². The van der Waals surface area contributed by atoms with Crippen molar-refractivity contribution < 1.29 is 9.53 Å². The van der Waals surface area contributed by atoms with E-state index in [-0.39, 0.29) is 0 Å². The molecule has 2 rings (SSSR count). The van der Waals surface area contributed by atoms with E-state index >= 15 is 0 Å². The van der Waals surface area contributed by atoms with Crippen LogP contribution in [-0.2, 0) is 4.74 Å². The summed E-state index contributed by atoms with van der Waals surface area (Å²) in [6, 6.07) is 8.36. The molecule has 0 saturated heterocycles. The van der Waals surface area contributed by atoms with Crippen molar-refractivity contribution in [3.8, 4) is 0 Å². The smallest absolute Gasteiger partial charge is 0.412 e. The number of nitrogens with one attached hydrogen (secondary N) is 2. The van der Waals surface area contributed by atoms with Gasteiger partial charge in [0.15, 0.2) is 0 Å². The summed E-state index contributed by atoms with van der Waals surface area (Å²) >= 11 is 0. The quantitative estimate of drug-likeness (QED) is 0.798. The van der Waals surface area contributed by atoms with Crippen molar-refractivity contribution in [3.05, 3.63) is 24.3 Å². The second-order valence-corrected chi connectivity index (χ2v) is 6.62. The van der Waals surface area contributed by atoms with E-state index in [2.05, 4.69) is 10.6 Å². The first-order valence-corrected chi connectivity index (χ1v) is 7.44. The Hall–Kier alpha value is -1.75. The van der Waals surface area contributed by atoms with Crippen LogP contribution in [0, 0.1) is 0 Å². The molecule has 0 radical (unpaired) electrons. The second kappa shape index (κ2) is 6.35. The summed E-state index contributed by atoms with van der Waals surface area (Å²) in [4.78, 5) is 11.8. The zero-order valence-electron chi connectivity index (χ0n) is 13.0. The predicted molar refractivity (Wildman–Crippen MR) is 85.5 cm³/mol. The van der Waals surface area contributed by atoms with Gasteiger partial charge in [-0.1, -0.05) is 6.07 Å². The number of ether oxygens (including phenoxy) is 1. The molecule has 1 fully saturated rings. The van der Waals surface area contributed by atoms with Crippen molar-refractivity contribution in [2.24, 2.45) is 5.73 Å². The number of nitrogens with two attached hydrogens (primary N) is 1. The van der Waals surface area contributed by atoms with Gasteiger partial charge in [-0.25, -0.2) is 4.79 Å². The lowest BCUT2D eigenvalue weighted by Crippen LogP contribution is -2.27. The molecule has 5 heteroatoms. The van der Waals surface area contributed by atoms with E-state index in [1.165, 1.54) is 0 Å². The van der Waals surface area contributed by atoms with Gasteiger partial charge in [-0.3, -0.25) is 5.32 Å². The predicted octanol–water partition coefficient (Wildman–Crippen LogP) is 3.33. The summed E-state index contributed by atoms with van der Waals surface area (Å²) in [5, 5.41) is 6.21. The number of hydrogen-bond acceptors (Lipinski definition) is 4. The van der Waals surface area contributed by atoms with Gasteiger partial charge in [0.1, 0.15) is 5.60 Å². The average Bonchev–Trinajstić information content (AvgIpc) is 2.72. The molecule has 1 amide bonds. The summed E-state index contributed by atoms with van der Waals surface area (Å²) in [7, 11) is 0. The minimum absolute atomic E-state index is 0.297. The van der Waals surface area contributed by atoms with Crippen LogP contribution in [0.1, 0.15) is 40.0 Å². The van der Waals surface area contributed by atoms with Gasteiger partial charge in [-0.2, -0.15) is 0 Å². The first-order chi connectivity index (χ1) is 9.82. The monoisotopic (exact) mass is 291 g/mol. The number of carbonyl (C=O) groups is 1. The van der Waals surface area contributed by atoms with Crippen LogP contribution in [0.2, 0.25) is 0 Å². The lowest BCUT2D eigenvalue weighted by molar-refractivity contribution is 0.0636. The Balaban J connectivity index is 1.93. The summed E-state index contributed by atoms with van der Waals surface area (Å²) in [6.07, 6.45) is 2.70. The number of benzene rings is 1. The maximum atomic E-state index is 11.8. The Morgan fingerprint density at radius 2 is 2.00 bits per heavy atom. The molecule has 0 heterocycles. The van der Waals surface area contributed by atoms with E-state index in [0.29, 0.717) is 12.1 Å². The molecule has 2 atom stereocenters. The highest BCUT2D eigenvalue weighted by Gasteiger charge is 2.21. The van der Waals surface area contributed by atoms with Crippen molar-refractivity contribution >= 4 is 17.5 Å². The van der Waals surface area contributed by atoms with E-state index in [0.717, 1.165) is 30.6 Å². The Bertz CT molecular complexity index is 497. The third-order valence-electron chi connectivity index (χ3n) is 3.35. The molecular formula is C16H25N3O2. The van der Waals surface area contributed by atoms with Crippen LogP contribution in [0.5, 0.6) is 0 Å². The topological polar surface area (TPSA) is 76.4 Å². The van der Waals surface area contributed by atoms with Gasteiger partial charge in [-0.05, 0) is 58.2 Å². The van der Waals surface area contributed by atoms with Gasteiger partial charge >= 0.3 is 6.09 Å². The third-order valence-corrected chi connectivity index (χ3v) is 3.35. The number of anilines is 2. The van der Waals surface area contributed by atoms with Crippen molar-refractivity contribution in [1.29, 1.82) is 0 Å². The van der Waals surface area contributed by atoms with E-state index < -0.39 is 11.7 Å². The Morgan fingerprint density at radius 3 is 2.62 bits per heavy atom. The number of carbonyl (C=O) groups excluding carboxylic acids is 1. The minimum Gasteiger partial charge on any atom is -0.444 e. The van der Waals surface area contributed by atoms with E-state index in [4.69, 9.17) is 10.5 Å². The van der Waals surface area contributed by atoms with Crippen molar-refractivity contribution in [2.75, 3.05) is 10.6 Å². The van der Waals surface area contributed by atoms with Crippen LogP contribution in [0.3, 0.4) is 0 Å². The van der Waals surface area contributed by atoms with Crippen LogP contribution < -0.4 is 16.4 Å². The van der Waals surface area contributed by atoms with Crippen LogP contribution in [-0.4, -0.2) is 23.8 Å². The largest absolute Gasteiger partial charge is 0.444 e. The molecule has 0 aliphatic heterocycles. The fourth-order valence-electron chi connectivity index (χ4n) is 2.49. The SMILES string of the molecule is CC(C)(C)OC(=O)Nc1cccc(NC2CCC(N)C2)c1. The molecule has 0 spiro atoms. The molecule has 21 heavy (non-hydrogen) atoms. The van der Waals surface area contributed by atoms with Gasteiger partial charge in [0.05, 0.1) is 0 Å². The molecule has 2 unspecified atom stereocenters. The molecule has 0 bridgehead atoms. The second-order valence-electron chi connectivity index (χ2n) is 6.62. The fraction of sp³-hybridized carbons (Fsp3) is 0.562. The van der Waals surface area contributed by atoms with Gasteiger partial charge in [0.2, 0.25) is 0 Å². The van der Waals surface area contributed by atoms with Gasteiger partial charge in [0, 0.05) is 23.5 Å². The standard InChI is InChI=1S/C16H25N3O2/c1-16(2,3)21-15(20)19-13-6-4-5-12(10-13)18-14-8-7-11(17)9-14/h4-6,10-11,14,18H,7-9,17H2,1-3H3,(H,19,20). The summed E-state index contributed by atoms with van der Waals surface area (Å²) < 4.78 is 5.24. The Labute approximate surface area is 126 Å². The highest BCUT2D eigenvalue weighted by atomic mass is 16.6. The summed E-state index contributed by atoms with van der Waals surface area (Å²) in [6.45, 7) is 5.52. The zero-order chi connectivity index (χ0) is 15.5. The summed E-state index contributed by atoms with van der Waals surface area (Å²) in [5.41, 5.74) is 7.13. The molecule has 1 aliphatic carbocycles. The zero-order valence-corrected chi connectivity index (χ0v) is 13.0. The fourth-order valence-corrected chi connectivity index (χ4v) is 2.49. The minimum atomic E-state index is -0.500. The van der Waals surface area contributed by atoms with Gasteiger partial charge in [-0.15, -0.1) is 0 Å². The van der Waals surface area contributed by atoms with Crippen molar-refractivity contribution in [3.63, 3.8) is 0 Å². The normalized spacial score (nSPS) is 21.9. The number of rotatable bonds is 3. The van der Waals surface area contributed by atoms with Crippen LogP contribution in [0.4, 0.5) is 16.2 Å². The van der Waals surface area contributed by atoms with Gasteiger partial charge < -0.3 is 15.8 Å². The Morgan fingerprint density at radius 1 is 1.29 bits per heavy atom. The van der Waals surface area contributed by atoms with E-state index in [9.17, 15) is 4.79 Å². The first-order valence-electron chi connectivity index (χ1n) is 7.44. The maximum absolute atomic E-state index is 11.8. The first kappa shape index (κ1) is 15.6. The number of hydrogen-bond donors (Lipinski definition) is 3. The van der Waals surface area contributed by atoms with Crippen LogP contribution >= 0.6 is 0 Å². The third kappa shape index (κ3) is 5.27. The van der Waals surface area contributed by atoms with Crippen LogP contribution in [0.15, 0.2) is 24.3 Å². The Kier molecular flexibility index (Phi) is 4.73. The van der Waals surface area contributed by atoms with Crippen molar-refractivity contribution in [2.45, 2.75) is 57.7 Å². The lowest BCUT2D eigenvalue weighted by Gasteiger charge is -2.20. The number of amides is 1. The van der Waals surface area contributed by atoms with Crippen LogP contribution in [0.25, 0.3) is 0 Å². The van der Waals surface area contributed by atoms with Crippen molar-refractivity contribution in [1.82, 2.24) is 0 Å². The van der Waals surface area contributed by atoms with E-state index in [1.807, 2.05) is 45.0 Å². The van der Waals surface area contributed by atoms with Gasteiger partial charge in [0.25, 0.3) is 0 Å². The molecule has 5 nitrogen and oxygen atoms in total. The maximum Gasteiger partial charge on any atom is 0.412 e. The lowest BCUT2D eigenvalue weighted by atomic mass is 10.2. The highest BCUT2D eigenvalue weighted by Crippen LogP contribution is 2.23. The molecule has 116 valence electrons. The molecule has 4 N–H and O–H groups in total. The highest BCUT2D eigenvalue weighted by molar-refractivity contribution is 5.85. The molecule has 0 aromatic heterocycles. The average molecular weight is 291 g/mol. The molecule has 1 aromatic carbocycles. The molecule has 1 saturated carbocycles. The molecule has 1 aromatic rings.